The van der Waals surface area contributed by atoms with Crippen LogP contribution in [0.5, 0.6) is 0 Å². The quantitative estimate of drug-likeness (QED) is 0.530. The van der Waals surface area contributed by atoms with Crippen molar-refractivity contribution in [2.75, 3.05) is 11.4 Å². The number of benzene rings is 1. The summed E-state index contributed by atoms with van der Waals surface area (Å²) in [5, 5.41) is 8.89. The van der Waals surface area contributed by atoms with E-state index in [-0.39, 0.29) is 11.4 Å². The zero-order chi connectivity index (χ0) is 19.0. The number of para-hydroxylation sites is 1. The molecule has 1 amide bonds. The fourth-order valence-electron chi connectivity index (χ4n) is 2.74. The highest BCUT2D eigenvalue weighted by Crippen LogP contribution is 2.31. The molecule has 0 saturated carbocycles. The lowest BCUT2D eigenvalue weighted by Crippen LogP contribution is -2.34. The molecule has 9 heteroatoms. The first kappa shape index (κ1) is 17.3. The molecule has 27 heavy (non-hydrogen) atoms. The molecule has 0 atom stereocenters. The van der Waals surface area contributed by atoms with E-state index in [9.17, 15) is 9.18 Å². The van der Waals surface area contributed by atoms with Gasteiger partial charge in [0.15, 0.2) is 10.8 Å². The fourth-order valence-corrected chi connectivity index (χ4v) is 3.75. The molecule has 0 unspecified atom stereocenters. The number of hydrogen-bond donors (Lipinski definition) is 0. The fraction of sp³-hybridized carbons (Fsp3) is 0.222. The van der Waals surface area contributed by atoms with Crippen LogP contribution in [0.25, 0.3) is 10.2 Å². The zero-order valence-electron chi connectivity index (χ0n) is 14.8. The Hall–Kier alpha value is -3.07. The van der Waals surface area contributed by atoms with Crippen LogP contribution in [0.2, 0.25) is 0 Å². The van der Waals surface area contributed by atoms with Crippen molar-refractivity contribution in [2.45, 2.75) is 13.5 Å². The number of amides is 1. The molecule has 0 saturated heterocycles. The van der Waals surface area contributed by atoms with Gasteiger partial charge in [0.2, 0.25) is 0 Å². The number of halogens is 1. The largest absolute Gasteiger partial charge is 0.281 e. The summed E-state index contributed by atoms with van der Waals surface area (Å²) in [6.45, 7) is 2.71. The van der Waals surface area contributed by atoms with E-state index < -0.39 is 5.82 Å². The van der Waals surface area contributed by atoms with E-state index in [4.69, 9.17) is 0 Å². The molecular formula is C18H17FN6OS. The van der Waals surface area contributed by atoms with E-state index in [2.05, 4.69) is 15.2 Å². The number of nitrogens with zero attached hydrogens (tertiary/aromatic N) is 6. The summed E-state index contributed by atoms with van der Waals surface area (Å²) >= 11 is 1.28. The summed E-state index contributed by atoms with van der Waals surface area (Å²) in [4.78, 5) is 19.0. The molecule has 1 aromatic carbocycles. The molecular weight excluding hydrogens is 367 g/mol. The minimum Gasteiger partial charge on any atom is -0.281 e. The summed E-state index contributed by atoms with van der Waals surface area (Å²) in [7, 11) is 1.78. The van der Waals surface area contributed by atoms with E-state index in [1.165, 1.54) is 22.3 Å². The summed E-state index contributed by atoms with van der Waals surface area (Å²) in [6, 6.07) is 8.35. The van der Waals surface area contributed by atoms with Gasteiger partial charge in [-0.15, -0.1) is 0 Å². The van der Waals surface area contributed by atoms with Gasteiger partial charge in [0.05, 0.1) is 11.2 Å². The van der Waals surface area contributed by atoms with Crippen LogP contribution < -0.4 is 4.90 Å². The van der Waals surface area contributed by atoms with Gasteiger partial charge in [-0.25, -0.2) is 9.37 Å². The number of aromatic nitrogens is 5. The Morgan fingerprint density at radius 3 is 2.85 bits per heavy atom. The first-order valence-corrected chi connectivity index (χ1v) is 9.19. The first-order valence-electron chi connectivity index (χ1n) is 8.38. The van der Waals surface area contributed by atoms with Gasteiger partial charge in [-0.2, -0.15) is 10.2 Å². The molecule has 0 aliphatic rings. The van der Waals surface area contributed by atoms with Crippen molar-refractivity contribution in [3.8, 4) is 0 Å². The Morgan fingerprint density at radius 2 is 2.19 bits per heavy atom. The van der Waals surface area contributed by atoms with Gasteiger partial charge in [0, 0.05) is 31.7 Å². The molecule has 3 heterocycles. The molecule has 0 fully saturated rings. The third kappa shape index (κ3) is 3.33. The van der Waals surface area contributed by atoms with Crippen molar-refractivity contribution in [1.82, 2.24) is 24.5 Å². The maximum atomic E-state index is 14.1. The van der Waals surface area contributed by atoms with Gasteiger partial charge >= 0.3 is 0 Å². The van der Waals surface area contributed by atoms with Crippen molar-refractivity contribution >= 4 is 32.6 Å². The highest BCUT2D eigenvalue weighted by Gasteiger charge is 2.24. The summed E-state index contributed by atoms with van der Waals surface area (Å²) in [5.74, 6) is -0.673. The maximum absolute atomic E-state index is 14.1. The van der Waals surface area contributed by atoms with Crippen LogP contribution in [0, 0.1) is 12.7 Å². The van der Waals surface area contributed by atoms with Gasteiger partial charge in [-0.1, -0.05) is 17.4 Å². The second-order valence-corrected chi connectivity index (χ2v) is 7.11. The lowest BCUT2D eigenvalue weighted by molar-refractivity contribution is 0.0980. The van der Waals surface area contributed by atoms with Crippen LogP contribution in [0.1, 0.15) is 16.2 Å². The van der Waals surface area contributed by atoms with Gasteiger partial charge in [0.25, 0.3) is 5.91 Å². The smallest absolute Gasteiger partial charge is 0.280 e. The number of aryl methyl sites for hydroxylation is 2. The Bertz CT molecular complexity index is 1080. The van der Waals surface area contributed by atoms with Crippen molar-refractivity contribution in [3.05, 3.63) is 59.9 Å². The van der Waals surface area contributed by atoms with E-state index in [0.29, 0.717) is 28.6 Å². The molecule has 138 valence electrons. The van der Waals surface area contributed by atoms with Crippen molar-refractivity contribution in [3.63, 3.8) is 0 Å². The van der Waals surface area contributed by atoms with Crippen molar-refractivity contribution in [2.24, 2.45) is 7.05 Å². The van der Waals surface area contributed by atoms with Gasteiger partial charge in [-0.05, 0) is 31.2 Å². The number of fused-ring (bicyclic) bond motifs is 1. The molecule has 0 aliphatic carbocycles. The standard InChI is InChI=1S/C18H17FN6OS/c1-12-11-14(22-23(12)2)17(26)25(10-9-24-8-4-7-20-24)18-21-16-13(19)5-3-6-15(16)27-18/h3-8,11H,9-10H2,1-2H3. The van der Waals surface area contributed by atoms with Crippen molar-refractivity contribution < 1.29 is 9.18 Å². The topological polar surface area (TPSA) is 68.8 Å². The highest BCUT2D eigenvalue weighted by molar-refractivity contribution is 7.22. The summed E-state index contributed by atoms with van der Waals surface area (Å²) in [6.07, 6.45) is 3.51. The minimum absolute atomic E-state index is 0.270. The number of thiazole rings is 1. The van der Waals surface area contributed by atoms with Crippen LogP contribution in [-0.4, -0.2) is 37.0 Å². The highest BCUT2D eigenvalue weighted by atomic mass is 32.1. The second kappa shape index (κ2) is 6.92. The molecule has 4 aromatic rings. The lowest BCUT2D eigenvalue weighted by atomic mass is 10.3. The SMILES string of the molecule is Cc1cc(C(=O)N(CCn2cccn2)c2nc3c(F)cccc3s2)nn1C. The van der Waals surface area contributed by atoms with E-state index in [1.807, 2.05) is 19.2 Å². The number of carbonyl (C=O) groups is 1. The molecule has 0 spiro atoms. The number of hydrogen-bond acceptors (Lipinski definition) is 5. The molecule has 0 aliphatic heterocycles. The Morgan fingerprint density at radius 1 is 1.33 bits per heavy atom. The Labute approximate surface area is 158 Å². The molecule has 0 N–H and O–H groups in total. The molecule has 0 radical (unpaired) electrons. The predicted molar refractivity (Wildman–Crippen MR) is 101 cm³/mol. The minimum atomic E-state index is -0.400. The molecule has 7 nitrogen and oxygen atoms in total. The Balaban J connectivity index is 1.71. The maximum Gasteiger partial charge on any atom is 0.280 e. The first-order chi connectivity index (χ1) is 13.0. The van der Waals surface area contributed by atoms with Crippen LogP contribution >= 0.6 is 11.3 Å². The molecule has 4 rings (SSSR count). The van der Waals surface area contributed by atoms with Gasteiger partial charge in [0.1, 0.15) is 11.3 Å². The predicted octanol–water partition coefficient (Wildman–Crippen LogP) is 3.02. The summed E-state index contributed by atoms with van der Waals surface area (Å²) < 4.78 is 18.1. The lowest BCUT2D eigenvalue weighted by Gasteiger charge is -2.18. The van der Waals surface area contributed by atoms with Crippen LogP contribution in [0.15, 0.2) is 42.7 Å². The second-order valence-electron chi connectivity index (χ2n) is 6.10. The van der Waals surface area contributed by atoms with Gasteiger partial charge in [-0.3, -0.25) is 19.1 Å². The monoisotopic (exact) mass is 384 g/mol. The summed E-state index contributed by atoms with van der Waals surface area (Å²) in [5.41, 5.74) is 1.47. The van der Waals surface area contributed by atoms with Crippen LogP contribution in [-0.2, 0) is 13.6 Å². The molecule has 3 aromatic heterocycles. The van der Waals surface area contributed by atoms with Crippen LogP contribution in [0.4, 0.5) is 9.52 Å². The third-order valence-corrected chi connectivity index (χ3v) is 5.32. The van der Waals surface area contributed by atoms with Crippen molar-refractivity contribution in [1.29, 1.82) is 0 Å². The van der Waals surface area contributed by atoms with E-state index in [0.717, 1.165) is 5.69 Å². The van der Waals surface area contributed by atoms with Crippen LogP contribution in [0.3, 0.4) is 0 Å². The number of rotatable bonds is 5. The van der Waals surface area contributed by atoms with Gasteiger partial charge < -0.3 is 0 Å². The number of carbonyl (C=O) groups excluding carboxylic acids is 1. The molecule has 0 bridgehead atoms. The number of anilines is 1. The average Bonchev–Trinajstić information content (AvgIpc) is 3.37. The zero-order valence-corrected chi connectivity index (χ0v) is 15.6. The average molecular weight is 384 g/mol. The Kier molecular flexibility index (Phi) is 4.44. The van der Waals surface area contributed by atoms with E-state index in [1.54, 1.807) is 40.8 Å². The normalized spacial score (nSPS) is 11.2. The van der Waals surface area contributed by atoms with E-state index >= 15 is 0 Å². The third-order valence-electron chi connectivity index (χ3n) is 4.28.